The second-order valence-corrected chi connectivity index (χ2v) is 4.65. The van der Waals surface area contributed by atoms with Gasteiger partial charge in [-0.1, -0.05) is 12.1 Å². The maximum atomic E-state index is 13.1. The molecule has 0 fully saturated rings. The molecular weight excluding hydrogens is 257 g/mol. The molecule has 3 nitrogen and oxygen atoms in total. The largest absolute Gasteiger partial charge is 0.478 e. The van der Waals surface area contributed by atoms with Crippen LogP contribution in [0.4, 0.5) is 4.39 Å². The normalized spacial score (nSPS) is 10.8. The zero-order valence-corrected chi connectivity index (χ0v) is 10.6. The van der Waals surface area contributed by atoms with E-state index in [9.17, 15) is 9.18 Å². The molecule has 1 aromatic heterocycles. The topological polar surface area (TPSA) is 42.2 Å². The number of carboxylic acid groups (broad SMARTS) is 1. The van der Waals surface area contributed by atoms with Crippen molar-refractivity contribution in [2.24, 2.45) is 0 Å². The summed E-state index contributed by atoms with van der Waals surface area (Å²) in [4.78, 5) is 10.8. The lowest BCUT2D eigenvalue weighted by molar-refractivity contribution is 0.0697. The molecule has 4 heteroatoms. The van der Waals surface area contributed by atoms with E-state index in [0.29, 0.717) is 6.54 Å². The van der Waals surface area contributed by atoms with Gasteiger partial charge in [-0.3, -0.25) is 0 Å². The molecule has 0 unspecified atom stereocenters. The molecule has 0 aliphatic heterocycles. The van der Waals surface area contributed by atoms with E-state index in [-0.39, 0.29) is 11.4 Å². The Labute approximate surface area is 114 Å². The number of halogens is 1. The first-order valence-electron chi connectivity index (χ1n) is 6.20. The Hall–Kier alpha value is -2.62. The number of aromatic carboxylic acids is 1. The van der Waals surface area contributed by atoms with Gasteiger partial charge >= 0.3 is 5.97 Å². The Bertz CT molecular complexity index is 775. The van der Waals surface area contributed by atoms with E-state index in [1.54, 1.807) is 30.3 Å². The van der Waals surface area contributed by atoms with Gasteiger partial charge in [-0.2, -0.15) is 0 Å². The quantitative estimate of drug-likeness (QED) is 0.790. The van der Waals surface area contributed by atoms with E-state index >= 15 is 0 Å². The molecule has 0 bridgehead atoms. The molecule has 0 amide bonds. The van der Waals surface area contributed by atoms with Gasteiger partial charge < -0.3 is 9.67 Å². The summed E-state index contributed by atoms with van der Waals surface area (Å²) in [5, 5.41) is 9.71. The molecular formula is C16H12FNO2. The second kappa shape index (κ2) is 4.81. The summed E-state index contributed by atoms with van der Waals surface area (Å²) in [5.74, 6) is -1.18. The van der Waals surface area contributed by atoms with E-state index < -0.39 is 5.97 Å². The molecule has 0 aliphatic rings. The third kappa shape index (κ3) is 2.28. The van der Waals surface area contributed by atoms with Gasteiger partial charge in [0.2, 0.25) is 0 Å². The molecule has 20 heavy (non-hydrogen) atoms. The van der Waals surface area contributed by atoms with Crippen molar-refractivity contribution in [3.05, 3.63) is 71.7 Å². The smallest absolute Gasteiger partial charge is 0.335 e. The van der Waals surface area contributed by atoms with Crippen LogP contribution in [-0.2, 0) is 6.54 Å². The molecule has 0 aliphatic carbocycles. The van der Waals surface area contributed by atoms with Crippen molar-refractivity contribution in [3.63, 3.8) is 0 Å². The van der Waals surface area contributed by atoms with Crippen LogP contribution in [0.2, 0.25) is 0 Å². The number of rotatable bonds is 3. The number of hydrogen-bond acceptors (Lipinski definition) is 1. The van der Waals surface area contributed by atoms with Crippen LogP contribution in [0.15, 0.2) is 54.7 Å². The van der Waals surface area contributed by atoms with Crippen molar-refractivity contribution in [3.8, 4) is 0 Å². The van der Waals surface area contributed by atoms with Crippen LogP contribution in [0, 0.1) is 5.82 Å². The first-order chi connectivity index (χ1) is 9.63. The molecule has 3 aromatic rings. The van der Waals surface area contributed by atoms with Crippen LogP contribution in [0.1, 0.15) is 15.9 Å². The van der Waals surface area contributed by atoms with Gasteiger partial charge in [-0.05, 0) is 42.0 Å². The molecule has 0 radical (unpaired) electrons. The predicted octanol–water partition coefficient (Wildman–Crippen LogP) is 3.53. The summed E-state index contributed by atoms with van der Waals surface area (Å²) >= 11 is 0. The fourth-order valence-electron chi connectivity index (χ4n) is 2.26. The molecule has 3 rings (SSSR count). The molecule has 100 valence electrons. The fraction of sp³-hybridized carbons (Fsp3) is 0.0625. The van der Waals surface area contributed by atoms with Gasteiger partial charge in [0.1, 0.15) is 5.82 Å². The van der Waals surface area contributed by atoms with Crippen LogP contribution in [-0.4, -0.2) is 15.6 Å². The molecule has 0 atom stereocenters. The number of hydrogen-bond donors (Lipinski definition) is 1. The summed E-state index contributed by atoms with van der Waals surface area (Å²) in [5.41, 5.74) is 2.22. The molecule has 0 saturated carbocycles. The summed E-state index contributed by atoms with van der Waals surface area (Å²) in [6.07, 6.45) is 1.90. The standard InChI is InChI=1S/C16H12FNO2/c17-14-5-6-15-13(9-14)7-8-18(15)10-11-1-3-12(4-2-11)16(19)20/h1-9H,10H2,(H,19,20). The van der Waals surface area contributed by atoms with E-state index in [4.69, 9.17) is 5.11 Å². The van der Waals surface area contributed by atoms with Crippen molar-refractivity contribution in [1.29, 1.82) is 0 Å². The number of benzene rings is 2. The van der Waals surface area contributed by atoms with Gasteiger partial charge in [0.15, 0.2) is 0 Å². The average Bonchev–Trinajstić information content (AvgIpc) is 2.81. The summed E-state index contributed by atoms with van der Waals surface area (Å²) in [7, 11) is 0. The van der Waals surface area contributed by atoms with Crippen molar-refractivity contribution < 1.29 is 14.3 Å². The van der Waals surface area contributed by atoms with Gasteiger partial charge in [-0.15, -0.1) is 0 Å². The maximum absolute atomic E-state index is 13.1. The van der Waals surface area contributed by atoms with Gasteiger partial charge in [0, 0.05) is 23.6 Å². The fourth-order valence-corrected chi connectivity index (χ4v) is 2.26. The minimum Gasteiger partial charge on any atom is -0.478 e. The van der Waals surface area contributed by atoms with Gasteiger partial charge in [0.25, 0.3) is 0 Å². The van der Waals surface area contributed by atoms with Crippen LogP contribution in [0.25, 0.3) is 10.9 Å². The number of fused-ring (bicyclic) bond motifs is 1. The Balaban J connectivity index is 1.91. The lowest BCUT2D eigenvalue weighted by atomic mass is 10.1. The minimum atomic E-state index is -0.932. The summed E-state index contributed by atoms with van der Waals surface area (Å²) < 4.78 is 15.1. The van der Waals surface area contributed by atoms with Crippen molar-refractivity contribution in [1.82, 2.24) is 4.57 Å². The second-order valence-electron chi connectivity index (χ2n) is 4.65. The summed E-state index contributed by atoms with van der Waals surface area (Å²) in [6, 6.07) is 13.3. The number of nitrogens with zero attached hydrogens (tertiary/aromatic N) is 1. The van der Waals surface area contributed by atoms with Crippen molar-refractivity contribution in [2.75, 3.05) is 0 Å². The summed E-state index contributed by atoms with van der Waals surface area (Å²) in [6.45, 7) is 0.620. The predicted molar refractivity (Wildman–Crippen MR) is 74.4 cm³/mol. The number of carboxylic acids is 1. The highest BCUT2D eigenvalue weighted by atomic mass is 19.1. The van der Waals surface area contributed by atoms with Crippen molar-refractivity contribution >= 4 is 16.9 Å². The highest BCUT2D eigenvalue weighted by Crippen LogP contribution is 2.18. The van der Waals surface area contributed by atoms with Gasteiger partial charge in [0.05, 0.1) is 5.56 Å². The van der Waals surface area contributed by atoms with Crippen LogP contribution >= 0.6 is 0 Å². The number of aromatic nitrogens is 1. The number of carbonyl (C=O) groups is 1. The first-order valence-corrected chi connectivity index (χ1v) is 6.20. The third-order valence-electron chi connectivity index (χ3n) is 3.29. The Kier molecular flexibility index (Phi) is 2.99. The van der Waals surface area contributed by atoms with Crippen LogP contribution < -0.4 is 0 Å². The lowest BCUT2D eigenvalue weighted by Gasteiger charge is -2.06. The van der Waals surface area contributed by atoms with E-state index in [0.717, 1.165) is 16.5 Å². The van der Waals surface area contributed by atoms with E-state index in [2.05, 4.69) is 0 Å². The SMILES string of the molecule is O=C(O)c1ccc(Cn2ccc3cc(F)ccc32)cc1. The zero-order valence-electron chi connectivity index (χ0n) is 10.6. The Morgan fingerprint density at radius 1 is 1.10 bits per heavy atom. The minimum absolute atomic E-state index is 0.249. The Morgan fingerprint density at radius 2 is 1.85 bits per heavy atom. The lowest BCUT2D eigenvalue weighted by Crippen LogP contribution is -2.00. The monoisotopic (exact) mass is 269 g/mol. The zero-order chi connectivity index (χ0) is 14.1. The highest BCUT2D eigenvalue weighted by Gasteiger charge is 2.05. The average molecular weight is 269 g/mol. The van der Waals surface area contributed by atoms with E-state index in [1.807, 2.05) is 16.8 Å². The third-order valence-corrected chi connectivity index (χ3v) is 3.29. The molecule has 1 N–H and O–H groups in total. The van der Waals surface area contributed by atoms with Gasteiger partial charge in [-0.25, -0.2) is 9.18 Å². The highest BCUT2D eigenvalue weighted by molar-refractivity contribution is 5.87. The molecule has 0 spiro atoms. The molecule has 1 heterocycles. The molecule has 2 aromatic carbocycles. The van der Waals surface area contributed by atoms with E-state index in [1.165, 1.54) is 12.1 Å². The Morgan fingerprint density at radius 3 is 2.55 bits per heavy atom. The van der Waals surface area contributed by atoms with Crippen molar-refractivity contribution in [2.45, 2.75) is 6.54 Å². The maximum Gasteiger partial charge on any atom is 0.335 e. The van der Waals surface area contributed by atoms with Crippen LogP contribution in [0.3, 0.4) is 0 Å². The van der Waals surface area contributed by atoms with Crippen LogP contribution in [0.5, 0.6) is 0 Å². The molecule has 0 saturated heterocycles. The first kappa shape index (κ1) is 12.4.